The topological polar surface area (TPSA) is 102 Å². The lowest BCUT2D eigenvalue weighted by molar-refractivity contribution is -0.182. The van der Waals surface area contributed by atoms with Crippen LogP contribution in [0.25, 0.3) is 0 Å². The van der Waals surface area contributed by atoms with Gasteiger partial charge in [0, 0.05) is 16.7 Å². The maximum atomic E-state index is 11.8. The summed E-state index contributed by atoms with van der Waals surface area (Å²) in [6.45, 7) is 3.13. The van der Waals surface area contributed by atoms with E-state index in [0.717, 1.165) is 11.1 Å². The molecule has 3 aromatic rings. The summed E-state index contributed by atoms with van der Waals surface area (Å²) in [6, 6.07) is 25.9. The van der Waals surface area contributed by atoms with Crippen LogP contribution in [0.4, 0.5) is 39.5 Å². The highest BCUT2D eigenvalue weighted by molar-refractivity contribution is 6.09. The van der Waals surface area contributed by atoms with Crippen molar-refractivity contribution in [2.24, 2.45) is 0 Å². The standard InChI is InChI=1S/C10H7F3O2.2C8H8O.C5H2F6O2/c11-10(12,13)9(15)6-8(14)7-4-2-1-3-5-7;2*1-7(9)8-5-3-2-4-6-8;6-4(7,8)2(12)1-3(13)5(9,10)11/h1-5H,6H2;2*2-6H,1H3;1H2. The molecule has 0 unspecified atom stereocenters. The number of ketones is 6. The molecule has 0 N–H and O–H groups in total. The van der Waals surface area contributed by atoms with Gasteiger partial charge in [-0.15, -0.1) is 0 Å². The van der Waals surface area contributed by atoms with Crippen LogP contribution in [0.5, 0.6) is 0 Å². The van der Waals surface area contributed by atoms with E-state index >= 15 is 0 Å². The van der Waals surface area contributed by atoms with Gasteiger partial charge in [-0.3, -0.25) is 28.8 Å². The van der Waals surface area contributed by atoms with Gasteiger partial charge in [-0.1, -0.05) is 91.0 Å². The van der Waals surface area contributed by atoms with Crippen LogP contribution in [0.2, 0.25) is 0 Å². The number of Topliss-reactive ketones (excluding diaryl/α,β-unsaturated/α-hetero) is 6. The van der Waals surface area contributed by atoms with Crippen LogP contribution in [-0.4, -0.2) is 53.2 Å². The van der Waals surface area contributed by atoms with Crippen LogP contribution in [0.15, 0.2) is 91.0 Å². The Morgan fingerprint density at radius 1 is 0.413 bits per heavy atom. The number of benzene rings is 3. The minimum Gasteiger partial charge on any atom is -0.295 e. The monoisotopic (exact) mass is 664 g/mol. The third-order valence-corrected chi connectivity index (χ3v) is 5.05. The van der Waals surface area contributed by atoms with E-state index in [1.807, 2.05) is 60.7 Å². The van der Waals surface area contributed by atoms with E-state index < -0.39 is 54.5 Å². The molecule has 0 atom stereocenters. The molecular formula is C31H25F9O6. The molecule has 0 amide bonds. The van der Waals surface area contributed by atoms with Gasteiger partial charge in [0.05, 0.1) is 12.8 Å². The van der Waals surface area contributed by atoms with Crippen molar-refractivity contribution in [2.45, 2.75) is 45.2 Å². The molecule has 0 saturated carbocycles. The number of hydrogen-bond donors (Lipinski definition) is 0. The van der Waals surface area contributed by atoms with E-state index in [2.05, 4.69) is 0 Å². The molecule has 6 nitrogen and oxygen atoms in total. The number of carbonyl (C=O) groups is 6. The fourth-order valence-electron chi connectivity index (χ4n) is 2.66. The van der Waals surface area contributed by atoms with E-state index in [0.29, 0.717) is 0 Å². The van der Waals surface area contributed by atoms with Crippen LogP contribution in [0.3, 0.4) is 0 Å². The first-order valence-electron chi connectivity index (χ1n) is 12.6. The molecule has 0 heterocycles. The van der Waals surface area contributed by atoms with Crippen molar-refractivity contribution < 1.29 is 68.3 Å². The molecule has 15 heteroatoms. The molecule has 0 spiro atoms. The van der Waals surface area contributed by atoms with Crippen LogP contribution in [0.1, 0.15) is 57.8 Å². The lowest BCUT2D eigenvalue weighted by Crippen LogP contribution is -2.31. The van der Waals surface area contributed by atoms with E-state index in [1.165, 1.54) is 24.3 Å². The van der Waals surface area contributed by atoms with Gasteiger partial charge in [0.1, 0.15) is 0 Å². The lowest BCUT2D eigenvalue weighted by Gasteiger charge is -2.06. The normalized spacial score (nSPS) is 10.8. The first-order valence-corrected chi connectivity index (χ1v) is 12.6. The second-order valence-corrected chi connectivity index (χ2v) is 8.75. The molecule has 248 valence electrons. The van der Waals surface area contributed by atoms with E-state index in [-0.39, 0.29) is 17.1 Å². The van der Waals surface area contributed by atoms with Gasteiger partial charge < -0.3 is 0 Å². The van der Waals surface area contributed by atoms with Crippen molar-refractivity contribution in [1.29, 1.82) is 0 Å². The third-order valence-electron chi connectivity index (χ3n) is 5.05. The number of halogens is 9. The fourth-order valence-corrected chi connectivity index (χ4v) is 2.66. The maximum Gasteiger partial charge on any atom is 0.450 e. The molecule has 46 heavy (non-hydrogen) atoms. The van der Waals surface area contributed by atoms with Gasteiger partial charge in [-0.2, -0.15) is 39.5 Å². The van der Waals surface area contributed by atoms with Crippen LogP contribution in [0, 0.1) is 0 Å². The van der Waals surface area contributed by atoms with Gasteiger partial charge in [0.2, 0.25) is 17.3 Å². The van der Waals surface area contributed by atoms with Crippen molar-refractivity contribution in [3.05, 3.63) is 108 Å². The van der Waals surface area contributed by atoms with E-state index in [4.69, 9.17) is 0 Å². The summed E-state index contributed by atoms with van der Waals surface area (Å²) in [4.78, 5) is 62.7. The van der Waals surface area contributed by atoms with Crippen molar-refractivity contribution in [2.75, 3.05) is 0 Å². The molecule has 0 aliphatic heterocycles. The van der Waals surface area contributed by atoms with Crippen LogP contribution >= 0.6 is 0 Å². The number of carbonyl (C=O) groups excluding carboxylic acids is 6. The quantitative estimate of drug-likeness (QED) is 0.145. The Morgan fingerprint density at radius 2 is 0.652 bits per heavy atom. The molecule has 0 aliphatic rings. The SMILES string of the molecule is CC(=O)c1ccccc1.CC(=O)c1ccccc1.O=C(CC(=O)C(F)(F)F)C(F)(F)F.O=C(CC(=O)C(F)(F)F)c1ccccc1. The van der Waals surface area contributed by atoms with Gasteiger partial charge in [0.25, 0.3) is 0 Å². The van der Waals surface area contributed by atoms with Crippen molar-refractivity contribution >= 4 is 34.7 Å². The summed E-state index contributed by atoms with van der Waals surface area (Å²) in [5.41, 5.74) is 1.66. The molecule has 0 fully saturated rings. The van der Waals surface area contributed by atoms with Gasteiger partial charge >= 0.3 is 18.5 Å². The second kappa shape index (κ2) is 18.8. The van der Waals surface area contributed by atoms with Crippen LogP contribution in [-0.2, 0) is 14.4 Å². The molecule has 0 aliphatic carbocycles. The minimum absolute atomic E-state index is 0.107. The predicted octanol–water partition coefficient (Wildman–Crippen LogP) is 7.81. The predicted molar refractivity (Wildman–Crippen MR) is 146 cm³/mol. The van der Waals surface area contributed by atoms with Crippen molar-refractivity contribution in [1.82, 2.24) is 0 Å². The molecular weight excluding hydrogens is 639 g/mol. The van der Waals surface area contributed by atoms with Gasteiger partial charge in [-0.25, -0.2) is 0 Å². The van der Waals surface area contributed by atoms with E-state index in [9.17, 15) is 68.3 Å². The number of alkyl halides is 9. The molecule has 0 radical (unpaired) electrons. The molecule has 3 aromatic carbocycles. The van der Waals surface area contributed by atoms with Gasteiger partial charge in [0.15, 0.2) is 17.3 Å². The summed E-state index contributed by atoms with van der Waals surface area (Å²) in [7, 11) is 0. The summed E-state index contributed by atoms with van der Waals surface area (Å²) in [5.74, 6) is -8.00. The highest BCUT2D eigenvalue weighted by Gasteiger charge is 2.46. The first kappa shape index (κ1) is 41.0. The largest absolute Gasteiger partial charge is 0.450 e. The third kappa shape index (κ3) is 17.4. The molecule has 0 aromatic heterocycles. The molecule has 0 saturated heterocycles. The van der Waals surface area contributed by atoms with E-state index in [1.54, 1.807) is 19.9 Å². The summed E-state index contributed by atoms with van der Waals surface area (Å²) >= 11 is 0. The molecule has 3 rings (SSSR count). The number of rotatable bonds is 7. The zero-order valence-electron chi connectivity index (χ0n) is 23.9. The van der Waals surface area contributed by atoms with Gasteiger partial charge in [-0.05, 0) is 13.8 Å². The van der Waals surface area contributed by atoms with Crippen LogP contribution < -0.4 is 0 Å². The number of hydrogen-bond acceptors (Lipinski definition) is 6. The highest BCUT2D eigenvalue weighted by Crippen LogP contribution is 2.23. The minimum atomic E-state index is -5.40. The Kier molecular flexibility index (Phi) is 16.7. The average molecular weight is 665 g/mol. The smallest absolute Gasteiger partial charge is 0.295 e. The summed E-state index contributed by atoms with van der Waals surface area (Å²) in [6.07, 6.45) is -19.1. The summed E-state index contributed by atoms with van der Waals surface area (Å²) < 4.78 is 103. The first-order chi connectivity index (χ1) is 21.1. The zero-order chi connectivity index (χ0) is 35.7. The zero-order valence-corrected chi connectivity index (χ0v) is 23.9. The Balaban J connectivity index is 0.000000600. The van der Waals surface area contributed by atoms with Crippen molar-refractivity contribution in [3.8, 4) is 0 Å². The summed E-state index contributed by atoms with van der Waals surface area (Å²) in [5, 5.41) is 0. The average Bonchev–Trinajstić information content (AvgIpc) is 2.98. The Labute approximate surface area is 256 Å². The Morgan fingerprint density at radius 3 is 0.870 bits per heavy atom. The fraction of sp³-hybridized carbons (Fsp3) is 0.226. The molecule has 0 bridgehead atoms. The maximum absolute atomic E-state index is 11.8. The lowest BCUT2D eigenvalue weighted by atomic mass is 10.1. The Hall–Kier alpha value is -4.95. The second-order valence-electron chi connectivity index (χ2n) is 8.75. The Bertz CT molecular complexity index is 1370. The highest BCUT2D eigenvalue weighted by atomic mass is 19.4. The van der Waals surface area contributed by atoms with Crippen molar-refractivity contribution in [3.63, 3.8) is 0 Å².